The zero-order chi connectivity index (χ0) is 14.1. The Morgan fingerprint density at radius 1 is 1.15 bits per heavy atom. The number of aromatic nitrogens is 1. The van der Waals surface area contributed by atoms with Crippen molar-refractivity contribution < 1.29 is 14.2 Å². The van der Waals surface area contributed by atoms with Gasteiger partial charge < -0.3 is 14.4 Å². The van der Waals surface area contributed by atoms with Crippen molar-refractivity contribution in [3.63, 3.8) is 0 Å². The smallest absolute Gasteiger partial charge is 0.123 e. The van der Waals surface area contributed by atoms with Crippen molar-refractivity contribution in [1.29, 1.82) is 0 Å². The van der Waals surface area contributed by atoms with Crippen LogP contribution in [0.25, 0.3) is 10.9 Å². The van der Waals surface area contributed by atoms with Crippen molar-refractivity contribution in [3.8, 4) is 11.5 Å². The normalized spacial score (nSPS) is 10.9. The summed E-state index contributed by atoms with van der Waals surface area (Å²) in [5.74, 6) is 0.607. The van der Waals surface area contributed by atoms with Crippen LogP contribution in [-0.2, 0) is 13.7 Å². The molecule has 0 amide bonds. The van der Waals surface area contributed by atoms with E-state index in [0.29, 0.717) is 12.4 Å². The predicted molar refractivity (Wildman–Crippen MR) is 75.3 cm³/mol. The van der Waals surface area contributed by atoms with Gasteiger partial charge in [0.2, 0.25) is 0 Å². The van der Waals surface area contributed by atoms with E-state index >= 15 is 0 Å². The van der Waals surface area contributed by atoms with Gasteiger partial charge in [-0.25, -0.2) is 4.39 Å². The van der Waals surface area contributed by atoms with Crippen molar-refractivity contribution in [2.75, 3.05) is 0 Å². The number of aryl methyl sites for hydroxylation is 1. The first kappa shape index (κ1) is 12.5. The topological polar surface area (TPSA) is 34.4 Å². The van der Waals surface area contributed by atoms with E-state index in [1.54, 1.807) is 30.3 Å². The lowest BCUT2D eigenvalue weighted by Crippen LogP contribution is -1.94. The van der Waals surface area contributed by atoms with E-state index in [-0.39, 0.29) is 11.6 Å². The van der Waals surface area contributed by atoms with Crippen molar-refractivity contribution in [3.05, 3.63) is 60.0 Å². The Balaban J connectivity index is 1.87. The van der Waals surface area contributed by atoms with Crippen LogP contribution in [0.3, 0.4) is 0 Å². The maximum Gasteiger partial charge on any atom is 0.123 e. The molecule has 0 aliphatic carbocycles. The zero-order valence-corrected chi connectivity index (χ0v) is 11.0. The summed E-state index contributed by atoms with van der Waals surface area (Å²) in [6.45, 7) is 0.353. The standard InChI is InChI=1S/C16H14FNO2/c1-18-9-11(15-8-12(17)2-7-16(15)18)10-20-14-5-3-13(19)4-6-14/h2-9,19H,10H2,1H3. The summed E-state index contributed by atoms with van der Waals surface area (Å²) >= 11 is 0. The zero-order valence-electron chi connectivity index (χ0n) is 11.0. The fourth-order valence-corrected chi connectivity index (χ4v) is 2.26. The lowest BCUT2D eigenvalue weighted by molar-refractivity contribution is 0.307. The summed E-state index contributed by atoms with van der Waals surface area (Å²) in [7, 11) is 1.92. The van der Waals surface area contributed by atoms with Gasteiger partial charge in [-0.2, -0.15) is 0 Å². The van der Waals surface area contributed by atoms with Crippen LogP contribution in [0.4, 0.5) is 4.39 Å². The van der Waals surface area contributed by atoms with Gasteiger partial charge in [0.15, 0.2) is 0 Å². The van der Waals surface area contributed by atoms with Gasteiger partial charge in [-0.15, -0.1) is 0 Å². The molecule has 0 radical (unpaired) electrons. The quantitative estimate of drug-likeness (QED) is 0.789. The second kappa shape index (κ2) is 4.89. The van der Waals surface area contributed by atoms with Crippen LogP contribution in [0.15, 0.2) is 48.7 Å². The number of ether oxygens (including phenoxy) is 1. The number of rotatable bonds is 3. The number of phenols is 1. The maximum atomic E-state index is 13.4. The Morgan fingerprint density at radius 3 is 2.65 bits per heavy atom. The van der Waals surface area contributed by atoms with Crippen LogP contribution in [0.2, 0.25) is 0 Å². The molecule has 3 nitrogen and oxygen atoms in total. The summed E-state index contributed by atoms with van der Waals surface area (Å²) in [6.07, 6.45) is 1.94. The predicted octanol–water partition coefficient (Wildman–Crippen LogP) is 3.60. The van der Waals surface area contributed by atoms with Crippen LogP contribution in [0.5, 0.6) is 11.5 Å². The Hall–Kier alpha value is -2.49. The molecule has 0 bridgehead atoms. The van der Waals surface area contributed by atoms with Crippen LogP contribution in [0.1, 0.15) is 5.56 Å². The van der Waals surface area contributed by atoms with Crippen molar-refractivity contribution in [1.82, 2.24) is 4.57 Å². The van der Waals surface area contributed by atoms with Gasteiger partial charge in [-0.05, 0) is 42.5 Å². The average molecular weight is 271 g/mol. The second-order valence-corrected chi connectivity index (χ2v) is 4.71. The molecule has 3 aromatic rings. The lowest BCUT2D eigenvalue weighted by Gasteiger charge is -2.05. The van der Waals surface area contributed by atoms with Crippen molar-refractivity contribution in [2.24, 2.45) is 7.05 Å². The highest BCUT2D eigenvalue weighted by Gasteiger charge is 2.08. The molecule has 1 aromatic heterocycles. The number of benzene rings is 2. The third kappa shape index (κ3) is 2.32. The lowest BCUT2D eigenvalue weighted by atomic mass is 10.2. The summed E-state index contributed by atoms with van der Waals surface area (Å²) in [6, 6.07) is 11.3. The summed E-state index contributed by atoms with van der Waals surface area (Å²) in [5, 5.41) is 10.1. The van der Waals surface area contributed by atoms with Crippen LogP contribution >= 0.6 is 0 Å². The highest BCUT2D eigenvalue weighted by molar-refractivity contribution is 5.83. The van der Waals surface area contributed by atoms with E-state index in [4.69, 9.17) is 4.74 Å². The summed E-state index contributed by atoms with van der Waals surface area (Å²) < 4.78 is 21.0. The Bertz CT molecular complexity index is 747. The maximum absolute atomic E-state index is 13.4. The van der Waals surface area contributed by atoms with Crippen molar-refractivity contribution >= 4 is 10.9 Å². The van der Waals surface area contributed by atoms with Crippen LogP contribution < -0.4 is 4.74 Å². The second-order valence-electron chi connectivity index (χ2n) is 4.71. The molecule has 0 saturated heterocycles. The minimum Gasteiger partial charge on any atom is -0.508 e. The number of nitrogens with zero attached hydrogens (tertiary/aromatic N) is 1. The van der Waals surface area contributed by atoms with Crippen LogP contribution in [0, 0.1) is 5.82 Å². The molecule has 102 valence electrons. The van der Waals surface area contributed by atoms with Gasteiger partial charge in [-0.3, -0.25) is 0 Å². The number of hydrogen-bond acceptors (Lipinski definition) is 2. The molecular formula is C16H14FNO2. The molecule has 20 heavy (non-hydrogen) atoms. The highest BCUT2D eigenvalue weighted by atomic mass is 19.1. The molecule has 1 heterocycles. The number of aromatic hydroxyl groups is 1. The Labute approximate surface area is 115 Å². The number of hydrogen-bond donors (Lipinski definition) is 1. The van der Waals surface area contributed by atoms with Gasteiger partial charge in [0.05, 0.1) is 0 Å². The molecule has 0 saturated carbocycles. The minimum atomic E-state index is -0.255. The van der Waals surface area contributed by atoms with E-state index in [2.05, 4.69) is 0 Å². The highest BCUT2D eigenvalue weighted by Crippen LogP contribution is 2.24. The molecule has 0 aliphatic heterocycles. The van der Waals surface area contributed by atoms with Gasteiger partial charge in [0.25, 0.3) is 0 Å². The molecule has 1 N–H and O–H groups in total. The number of fused-ring (bicyclic) bond motifs is 1. The van der Waals surface area contributed by atoms with E-state index in [1.165, 1.54) is 12.1 Å². The first-order valence-corrected chi connectivity index (χ1v) is 6.29. The van der Waals surface area contributed by atoms with Crippen LogP contribution in [-0.4, -0.2) is 9.67 Å². The third-order valence-electron chi connectivity index (χ3n) is 3.27. The van der Waals surface area contributed by atoms with Gasteiger partial charge in [0, 0.05) is 29.7 Å². The molecule has 0 unspecified atom stereocenters. The average Bonchev–Trinajstić information content (AvgIpc) is 2.74. The number of phenolic OH excluding ortho intramolecular Hbond substituents is 1. The first-order chi connectivity index (χ1) is 9.63. The monoisotopic (exact) mass is 271 g/mol. The minimum absolute atomic E-state index is 0.199. The largest absolute Gasteiger partial charge is 0.508 e. The van der Waals surface area contributed by atoms with E-state index in [9.17, 15) is 9.50 Å². The van der Waals surface area contributed by atoms with E-state index in [0.717, 1.165) is 16.5 Å². The fraction of sp³-hybridized carbons (Fsp3) is 0.125. The molecule has 0 fully saturated rings. The fourth-order valence-electron chi connectivity index (χ4n) is 2.26. The molecule has 0 aliphatic rings. The molecule has 4 heteroatoms. The van der Waals surface area contributed by atoms with Gasteiger partial charge >= 0.3 is 0 Å². The van der Waals surface area contributed by atoms with E-state index in [1.807, 2.05) is 17.8 Å². The summed E-state index contributed by atoms with van der Waals surface area (Å²) in [4.78, 5) is 0. The molecule has 0 atom stereocenters. The summed E-state index contributed by atoms with van der Waals surface area (Å²) in [5.41, 5.74) is 1.89. The first-order valence-electron chi connectivity index (χ1n) is 6.29. The molecular weight excluding hydrogens is 257 g/mol. The third-order valence-corrected chi connectivity index (χ3v) is 3.27. The SMILES string of the molecule is Cn1cc(COc2ccc(O)cc2)c2cc(F)ccc21. The van der Waals surface area contributed by atoms with E-state index < -0.39 is 0 Å². The number of halogens is 1. The molecule has 2 aromatic carbocycles. The Morgan fingerprint density at radius 2 is 1.90 bits per heavy atom. The molecule has 3 rings (SSSR count). The molecule has 0 spiro atoms. The van der Waals surface area contributed by atoms with Gasteiger partial charge in [-0.1, -0.05) is 0 Å². The van der Waals surface area contributed by atoms with Crippen molar-refractivity contribution in [2.45, 2.75) is 6.61 Å². The Kier molecular flexibility index (Phi) is 3.06. The van der Waals surface area contributed by atoms with Gasteiger partial charge in [0.1, 0.15) is 23.9 Å².